The Labute approximate surface area is 154 Å². The number of guanidine groups is 1. The quantitative estimate of drug-likeness (QED) is 0.321. The summed E-state index contributed by atoms with van der Waals surface area (Å²) in [5, 5.41) is 27.0. The van der Waals surface area contributed by atoms with E-state index in [1.807, 2.05) is 13.0 Å². The Bertz CT molecular complexity index is 522. The zero-order valence-corrected chi connectivity index (χ0v) is 16.4. The summed E-state index contributed by atoms with van der Waals surface area (Å²) in [6.07, 6.45) is 3.77. The molecule has 1 aromatic rings. The smallest absolute Gasteiger partial charge is 0.191 e. The topological polar surface area (TPSA) is 90.0 Å². The molecule has 1 atom stereocenters. The molecular weight excluding hydrogens is 409 g/mol. The normalized spacial score (nSPS) is 19.8. The molecule has 1 aliphatic carbocycles. The molecule has 0 aliphatic heterocycles. The number of aliphatic hydroxyl groups is 2. The maximum Gasteiger partial charge on any atom is 0.191 e. The van der Waals surface area contributed by atoms with Crippen LogP contribution in [-0.2, 0) is 5.60 Å². The summed E-state index contributed by atoms with van der Waals surface area (Å²) in [6.45, 7) is 4.26. The summed E-state index contributed by atoms with van der Waals surface area (Å²) in [6, 6.07) is 3.60. The molecule has 132 valence electrons. The summed E-state index contributed by atoms with van der Waals surface area (Å²) < 4.78 is 5.48. The summed E-state index contributed by atoms with van der Waals surface area (Å²) in [5.41, 5.74) is -1.77. The van der Waals surface area contributed by atoms with E-state index >= 15 is 0 Å². The molecule has 1 unspecified atom stereocenters. The van der Waals surface area contributed by atoms with Crippen LogP contribution in [0.5, 0.6) is 0 Å². The number of aryl methyl sites for hydroxylation is 1. The monoisotopic (exact) mass is 437 g/mol. The van der Waals surface area contributed by atoms with E-state index in [0.29, 0.717) is 18.3 Å². The third-order valence-corrected chi connectivity index (χ3v) is 4.21. The van der Waals surface area contributed by atoms with Gasteiger partial charge in [0, 0.05) is 13.6 Å². The SMILES string of the molecule is CN=C(NCC1(O)CCCC1)NCC(C)(O)c1ccc(C)o1.I. The molecule has 0 saturated heterocycles. The molecule has 7 heteroatoms. The number of hydrogen-bond acceptors (Lipinski definition) is 4. The molecule has 0 radical (unpaired) electrons. The van der Waals surface area contributed by atoms with Crippen LogP contribution in [-0.4, -0.2) is 41.9 Å². The molecule has 1 aliphatic rings. The van der Waals surface area contributed by atoms with Crippen LogP contribution >= 0.6 is 24.0 Å². The molecule has 2 rings (SSSR count). The van der Waals surface area contributed by atoms with Gasteiger partial charge in [-0.3, -0.25) is 4.99 Å². The molecule has 23 heavy (non-hydrogen) atoms. The maximum atomic E-state index is 10.5. The van der Waals surface area contributed by atoms with Gasteiger partial charge in [-0.2, -0.15) is 0 Å². The summed E-state index contributed by atoms with van der Waals surface area (Å²) in [4.78, 5) is 4.12. The summed E-state index contributed by atoms with van der Waals surface area (Å²) in [7, 11) is 1.67. The van der Waals surface area contributed by atoms with Crippen molar-refractivity contribution >= 4 is 29.9 Å². The Balaban J connectivity index is 0.00000264. The van der Waals surface area contributed by atoms with Crippen LogP contribution < -0.4 is 10.6 Å². The van der Waals surface area contributed by atoms with Crippen LogP contribution in [0.1, 0.15) is 44.1 Å². The van der Waals surface area contributed by atoms with Crippen molar-refractivity contribution in [2.45, 2.75) is 50.7 Å². The van der Waals surface area contributed by atoms with Gasteiger partial charge in [-0.15, -0.1) is 24.0 Å². The van der Waals surface area contributed by atoms with Gasteiger partial charge in [0.2, 0.25) is 0 Å². The third kappa shape index (κ3) is 5.65. The first-order chi connectivity index (χ1) is 10.3. The van der Waals surface area contributed by atoms with E-state index in [0.717, 1.165) is 31.4 Å². The minimum atomic E-state index is -1.13. The van der Waals surface area contributed by atoms with Crippen LogP contribution in [0.25, 0.3) is 0 Å². The third-order valence-electron chi connectivity index (χ3n) is 4.21. The van der Waals surface area contributed by atoms with E-state index in [2.05, 4.69) is 15.6 Å². The fraction of sp³-hybridized carbons (Fsp3) is 0.688. The minimum Gasteiger partial charge on any atom is -0.463 e. The van der Waals surface area contributed by atoms with Crippen molar-refractivity contribution in [3.8, 4) is 0 Å². The second-order valence-electron chi connectivity index (χ2n) is 6.39. The first kappa shape index (κ1) is 20.2. The zero-order valence-electron chi connectivity index (χ0n) is 14.1. The first-order valence-electron chi connectivity index (χ1n) is 7.81. The number of nitrogens with one attached hydrogen (secondary N) is 2. The second kappa shape index (κ2) is 8.34. The molecule has 0 bridgehead atoms. The van der Waals surface area contributed by atoms with Crippen LogP contribution in [0, 0.1) is 6.92 Å². The second-order valence-corrected chi connectivity index (χ2v) is 6.39. The summed E-state index contributed by atoms with van der Waals surface area (Å²) in [5.74, 6) is 1.84. The number of rotatable bonds is 5. The van der Waals surface area contributed by atoms with Gasteiger partial charge in [0.25, 0.3) is 0 Å². The molecule has 0 aromatic carbocycles. The van der Waals surface area contributed by atoms with Gasteiger partial charge < -0.3 is 25.3 Å². The van der Waals surface area contributed by atoms with Crippen molar-refractivity contribution in [2.24, 2.45) is 4.99 Å². The number of aliphatic imine (C=N–C) groups is 1. The van der Waals surface area contributed by atoms with Crippen molar-refractivity contribution in [1.29, 1.82) is 0 Å². The summed E-state index contributed by atoms with van der Waals surface area (Å²) >= 11 is 0. The average Bonchev–Trinajstić information content (AvgIpc) is 3.09. The van der Waals surface area contributed by atoms with Crippen molar-refractivity contribution in [3.63, 3.8) is 0 Å². The van der Waals surface area contributed by atoms with Crippen LogP contribution in [0.2, 0.25) is 0 Å². The highest BCUT2D eigenvalue weighted by Crippen LogP contribution is 2.28. The van der Waals surface area contributed by atoms with Crippen LogP contribution in [0.4, 0.5) is 0 Å². The largest absolute Gasteiger partial charge is 0.463 e. The lowest BCUT2D eigenvalue weighted by Gasteiger charge is -2.26. The zero-order chi connectivity index (χ0) is 16.2. The first-order valence-corrected chi connectivity index (χ1v) is 7.81. The Morgan fingerprint density at radius 3 is 2.52 bits per heavy atom. The molecule has 1 heterocycles. The number of hydrogen-bond donors (Lipinski definition) is 4. The van der Waals surface area contributed by atoms with Gasteiger partial charge in [0.1, 0.15) is 17.1 Å². The van der Waals surface area contributed by atoms with Crippen LogP contribution in [0.15, 0.2) is 21.5 Å². The van der Waals surface area contributed by atoms with Crippen molar-refractivity contribution < 1.29 is 14.6 Å². The number of halogens is 1. The molecule has 1 saturated carbocycles. The van der Waals surface area contributed by atoms with Gasteiger partial charge in [-0.1, -0.05) is 12.8 Å². The molecule has 1 fully saturated rings. The van der Waals surface area contributed by atoms with Gasteiger partial charge in [-0.05, 0) is 38.8 Å². The lowest BCUT2D eigenvalue weighted by Crippen LogP contribution is -2.48. The predicted molar refractivity (Wildman–Crippen MR) is 101 cm³/mol. The Morgan fingerprint density at radius 1 is 1.35 bits per heavy atom. The fourth-order valence-electron chi connectivity index (χ4n) is 2.75. The highest BCUT2D eigenvalue weighted by atomic mass is 127. The maximum absolute atomic E-state index is 10.5. The van der Waals surface area contributed by atoms with Gasteiger partial charge in [-0.25, -0.2) is 0 Å². The van der Waals surface area contributed by atoms with Crippen molar-refractivity contribution in [3.05, 3.63) is 23.7 Å². The molecule has 4 N–H and O–H groups in total. The van der Waals surface area contributed by atoms with E-state index < -0.39 is 11.2 Å². The average molecular weight is 437 g/mol. The number of nitrogens with zero attached hydrogens (tertiary/aromatic N) is 1. The van der Waals surface area contributed by atoms with Crippen molar-refractivity contribution in [1.82, 2.24) is 10.6 Å². The molecule has 6 nitrogen and oxygen atoms in total. The standard InChI is InChI=1S/C16H27N3O3.HI/c1-12-6-7-13(22-12)15(2,20)10-18-14(17-3)19-11-16(21)8-4-5-9-16;/h6-7,20-21H,4-5,8-11H2,1-3H3,(H2,17,18,19);1H. The van der Waals surface area contributed by atoms with E-state index in [1.54, 1.807) is 20.0 Å². The van der Waals surface area contributed by atoms with E-state index in [-0.39, 0.29) is 30.5 Å². The Kier molecular flexibility index (Phi) is 7.34. The molecule has 0 amide bonds. The lowest BCUT2D eigenvalue weighted by atomic mass is 10.0. The van der Waals surface area contributed by atoms with E-state index in [4.69, 9.17) is 4.42 Å². The van der Waals surface area contributed by atoms with E-state index in [1.165, 1.54) is 0 Å². The number of furan rings is 1. The van der Waals surface area contributed by atoms with Crippen LogP contribution in [0.3, 0.4) is 0 Å². The minimum absolute atomic E-state index is 0. The molecule has 0 spiro atoms. The van der Waals surface area contributed by atoms with Gasteiger partial charge >= 0.3 is 0 Å². The molecular formula is C16H28IN3O3. The Hall–Kier alpha value is -0.800. The highest BCUT2D eigenvalue weighted by Gasteiger charge is 2.31. The highest BCUT2D eigenvalue weighted by molar-refractivity contribution is 14.0. The van der Waals surface area contributed by atoms with Gasteiger partial charge in [0.15, 0.2) is 5.96 Å². The fourth-order valence-corrected chi connectivity index (χ4v) is 2.75. The lowest BCUT2D eigenvalue weighted by molar-refractivity contribution is 0.0371. The Morgan fingerprint density at radius 2 is 2.00 bits per heavy atom. The van der Waals surface area contributed by atoms with E-state index in [9.17, 15) is 10.2 Å². The molecule has 1 aromatic heterocycles. The van der Waals surface area contributed by atoms with Gasteiger partial charge in [0.05, 0.1) is 12.1 Å². The van der Waals surface area contributed by atoms with Crippen molar-refractivity contribution in [2.75, 3.05) is 20.1 Å². The predicted octanol–water partition coefficient (Wildman–Crippen LogP) is 1.88.